The summed E-state index contributed by atoms with van der Waals surface area (Å²) in [5.41, 5.74) is 8.80. The molecule has 0 spiro atoms. The average molecular weight is 305 g/mol. The molecule has 0 bridgehead atoms. The highest BCUT2D eigenvalue weighted by atomic mass is 35.5. The van der Waals surface area contributed by atoms with Gasteiger partial charge in [-0.15, -0.1) is 0 Å². The Morgan fingerprint density at radius 1 is 1.24 bits per heavy atom. The van der Waals surface area contributed by atoms with Gasteiger partial charge < -0.3 is 11.1 Å². The minimum absolute atomic E-state index is 0.307. The molecular formula is C17H18ClFN2. The van der Waals surface area contributed by atoms with Gasteiger partial charge in [0, 0.05) is 6.54 Å². The Labute approximate surface area is 129 Å². The van der Waals surface area contributed by atoms with Gasteiger partial charge in [-0.3, -0.25) is 0 Å². The molecule has 0 saturated heterocycles. The SMILES string of the molecule is NCC1(Nc2cc(F)ccc2Cl)CCCc2ccccc21. The minimum atomic E-state index is -0.383. The zero-order valence-electron chi connectivity index (χ0n) is 11.7. The Kier molecular flexibility index (Phi) is 3.87. The third-order valence-electron chi connectivity index (χ3n) is 4.23. The summed E-state index contributed by atoms with van der Waals surface area (Å²) in [6.07, 6.45) is 3.01. The molecule has 1 aliphatic rings. The van der Waals surface area contributed by atoms with E-state index in [1.165, 1.54) is 23.3 Å². The second-order valence-electron chi connectivity index (χ2n) is 5.55. The number of anilines is 1. The van der Waals surface area contributed by atoms with Crippen LogP contribution in [0, 0.1) is 5.82 Å². The number of hydrogen-bond donors (Lipinski definition) is 2. The van der Waals surface area contributed by atoms with Crippen LogP contribution in [0.15, 0.2) is 42.5 Å². The molecule has 21 heavy (non-hydrogen) atoms. The number of nitrogens with one attached hydrogen (secondary N) is 1. The molecule has 0 saturated carbocycles. The Hall–Kier alpha value is -1.58. The van der Waals surface area contributed by atoms with E-state index in [9.17, 15) is 4.39 Å². The number of halogens is 2. The van der Waals surface area contributed by atoms with Crippen LogP contribution >= 0.6 is 11.6 Å². The second-order valence-corrected chi connectivity index (χ2v) is 5.95. The van der Waals surface area contributed by atoms with Crippen LogP contribution in [0.4, 0.5) is 10.1 Å². The molecule has 2 nitrogen and oxygen atoms in total. The number of hydrogen-bond acceptors (Lipinski definition) is 2. The largest absolute Gasteiger partial charge is 0.373 e. The van der Waals surface area contributed by atoms with E-state index in [-0.39, 0.29) is 11.4 Å². The molecule has 110 valence electrons. The van der Waals surface area contributed by atoms with Crippen molar-refractivity contribution in [2.24, 2.45) is 5.73 Å². The Bertz CT molecular complexity index is 659. The van der Waals surface area contributed by atoms with E-state index in [1.807, 2.05) is 12.1 Å². The maximum atomic E-state index is 13.5. The highest BCUT2D eigenvalue weighted by Crippen LogP contribution is 2.39. The standard InChI is InChI=1S/C17H18ClFN2/c18-15-8-7-13(19)10-16(15)21-17(11-20)9-3-5-12-4-1-2-6-14(12)17/h1-2,4,6-8,10,21H,3,5,9,11,20H2. The molecular weight excluding hydrogens is 287 g/mol. The third-order valence-corrected chi connectivity index (χ3v) is 4.56. The summed E-state index contributed by atoms with van der Waals surface area (Å²) in [6, 6.07) is 12.6. The van der Waals surface area contributed by atoms with Gasteiger partial charge >= 0.3 is 0 Å². The van der Waals surface area contributed by atoms with E-state index in [0.717, 1.165) is 19.3 Å². The maximum absolute atomic E-state index is 13.5. The predicted molar refractivity (Wildman–Crippen MR) is 85.1 cm³/mol. The lowest BCUT2D eigenvalue weighted by Gasteiger charge is -2.40. The molecule has 1 unspecified atom stereocenters. The molecule has 2 aromatic rings. The number of nitrogens with two attached hydrogens (primary N) is 1. The summed E-state index contributed by atoms with van der Waals surface area (Å²) in [5.74, 6) is -0.307. The second kappa shape index (κ2) is 5.66. The van der Waals surface area contributed by atoms with E-state index >= 15 is 0 Å². The summed E-state index contributed by atoms with van der Waals surface area (Å²) in [5, 5.41) is 3.92. The van der Waals surface area contributed by atoms with Crippen LogP contribution in [-0.4, -0.2) is 6.54 Å². The van der Waals surface area contributed by atoms with Crippen molar-refractivity contribution >= 4 is 17.3 Å². The van der Waals surface area contributed by atoms with Crippen LogP contribution in [0.3, 0.4) is 0 Å². The van der Waals surface area contributed by atoms with Crippen LogP contribution in [0.25, 0.3) is 0 Å². The van der Waals surface area contributed by atoms with Crippen LogP contribution in [0.2, 0.25) is 5.02 Å². The summed E-state index contributed by atoms with van der Waals surface area (Å²) < 4.78 is 13.5. The van der Waals surface area contributed by atoms with Crippen LogP contribution in [0.5, 0.6) is 0 Å². The van der Waals surface area contributed by atoms with Gasteiger partial charge in [-0.1, -0.05) is 35.9 Å². The highest BCUT2D eigenvalue weighted by Gasteiger charge is 2.35. The first-order chi connectivity index (χ1) is 10.1. The molecule has 4 heteroatoms. The fourth-order valence-corrected chi connectivity index (χ4v) is 3.33. The van der Waals surface area contributed by atoms with E-state index in [4.69, 9.17) is 17.3 Å². The number of fused-ring (bicyclic) bond motifs is 1. The first-order valence-corrected chi connectivity index (χ1v) is 7.54. The van der Waals surface area contributed by atoms with Gasteiger partial charge in [-0.05, 0) is 48.6 Å². The van der Waals surface area contributed by atoms with Crippen molar-refractivity contribution in [1.29, 1.82) is 0 Å². The zero-order chi connectivity index (χ0) is 14.9. The molecule has 2 aromatic carbocycles. The number of rotatable bonds is 3. The fourth-order valence-electron chi connectivity index (χ4n) is 3.16. The molecule has 0 radical (unpaired) electrons. The molecule has 0 amide bonds. The van der Waals surface area contributed by atoms with Gasteiger partial charge in [0.1, 0.15) is 5.82 Å². The first kappa shape index (κ1) is 14.4. The van der Waals surface area contributed by atoms with Gasteiger partial charge in [0.25, 0.3) is 0 Å². The van der Waals surface area contributed by atoms with Gasteiger partial charge in [0.05, 0.1) is 16.2 Å². The number of benzene rings is 2. The lowest BCUT2D eigenvalue weighted by atomic mass is 9.76. The highest BCUT2D eigenvalue weighted by molar-refractivity contribution is 6.33. The van der Waals surface area contributed by atoms with Gasteiger partial charge in [-0.2, -0.15) is 0 Å². The predicted octanol–water partition coefficient (Wildman–Crippen LogP) is 4.08. The zero-order valence-corrected chi connectivity index (χ0v) is 12.5. The molecule has 0 heterocycles. The maximum Gasteiger partial charge on any atom is 0.125 e. The summed E-state index contributed by atoms with van der Waals surface area (Å²) in [6.45, 7) is 0.441. The van der Waals surface area contributed by atoms with E-state index in [2.05, 4.69) is 17.4 Å². The molecule has 0 aliphatic heterocycles. The van der Waals surface area contributed by atoms with Crippen LogP contribution < -0.4 is 11.1 Å². The average Bonchev–Trinajstić information content (AvgIpc) is 2.51. The third kappa shape index (κ3) is 2.63. The molecule has 0 aromatic heterocycles. The Balaban J connectivity index is 2.04. The summed E-state index contributed by atoms with van der Waals surface area (Å²) in [4.78, 5) is 0. The van der Waals surface area contributed by atoms with Crippen LogP contribution in [-0.2, 0) is 12.0 Å². The lowest BCUT2D eigenvalue weighted by Crippen LogP contribution is -2.45. The summed E-state index contributed by atoms with van der Waals surface area (Å²) in [7, 11) is 0. The van der Waals surface area contributed by atoms with Gasteiger partial charge in [0.15, 0.2) is 0 Å². The monoisotopic (exact) mass is 304 g/mol. The van der Waals surface area contributed by atoms with Crippen molar-refractivity contribution in [3.05, 3.63) is 64.4 Å². The minimum Gasteiger partial charge on any atom is -0.373 e. The van der Waals surface area contributed by atoms with Crippen LogP contribution in [0.1, 0.15) is 24.0 Å². The van der Waals surface area contributed by atoms with Crippen molar-refractivity contribution in [3.63, 3.8) is 0 Å². The lowest BCUT2D eigenvalue weighted by molar-refractivity contribution is 0.417. The topological polar surface area (TPSA) is 38.0 Å². The van der Waals surface area contributed by atoms with E-state index in [0.29, 0.717) is 17.3 Å². The number of aryl methyl sites for hydroxylation is 1. The summed E-state index contributed by atoms with van der Waals surface area (Å²) >= 11 is 6.19. The molecule has 3 rings (SSSR count). The van der Waals surface area contributed by atoms with Crippen molar-refractivity contribution in [2.45, 2.75) is 24.8 Å². The van der Waals surface area contributed by atoms with Crippen molar-refractivity contribution < 1.29 is 4.39 Å². The van der Waals surface area contributed by atoms with Gasteiger partial charge in [-0.25, -0.2) is 4.39 Å². The Morgan fingerprint density at radius 2 is 2.05 bits per heavy atom. The molecule has 1 atom stereocenters. The molecule has 1 aliphatic carbocycles. The Morgan fingerprint density at radius 3 is 2.86 bits per heavy atom. The fraction of sp³-hybridized carbons (Fsp3) is 0.294. The van der Waals surface area contributed by atoms with Crippen molar-refractivity contribution in [1.82, 2.24) is 0 Å². The first-order valence-electron chi connectivity index (χ1n) is 7.16. The van der Waals surface area contributed by atoms with E-state index in [1.54, 1.807) is 6.07 Å². The molecule has 3 N–H and O–H groups in total. The van der Waals surface area contributed by atoms with Crippen molar-refractivity contribution in [3.8, 4) is 0 Å². The normalized spacial score (nSPS) is 20.9. The van der Waals surface area contributed by atoms with E-state index < -0.39 is 0 Å². The smallest absolute Gasteiger partial charge is 0.125 e. The van der Waals surface area contributed by atoms with Crippen molar-refractivity contribution in [2.75, 3.05) is 11.9 Å². The van der Waals surface area contributed by atoms with Gasteiger partial charge in [0.2, 0.25) is 0 Å². The quantitative estimate of drug-likeness (QED) is 0.896. The molecule has 0 fully saturated rings.